The predicted molar refractivity (Wildman–Crippen MR) is 105 cm³/mol. The van der Waals surface area contributed by atoms with Crippen molar-refractivity contribution in [1.82, 2.24) is 4.31 Å². The number of halogens is 1. The minimum atomic E-state index is -3.79. The van der Waals surface area contributed by atoms with Crippen molar-refractivity contribution in [2.45, 2.75) is 18.7 Å². The number of carbonyl (C=O) groups excluding carboxylic acids is 1. The van der Waals surface area contributed by atoms with E-state index in [0.29, 0.717) is 18.9 Å². The first-order valence-electron chi connectivity index (χ1n) is 8.55. The lowest BCUT2D eigenvalue weighted by atomic mass is 10.1. The lowest BCUT2D eigenvalue weighted by molar-refractivity contribution is 0.0730. The highest BCUT2D eigenvalue weighted by molar-refractivity contribution is 7.89. The molecule has 0 aliphatic carbocycles. The van der Waals surface area contributed by atoms with Gasteiger partial charge in [-0.3, -0.25) is 4.79 Å². The molecular weight excluding hydrogens is 388 g/mol. The molecular formula is C19H21ClN2O4S. The second kappa shape index (κ2) is 7.98. The maximum atomic E-state index is 12.9. The third-order valence-electron chi connectivity index (χ3n) is 4.55. The zero-order chi connectivity index (χ0) is 19.6. The number of rotatable bonds is 4. The average Bonchev–Trinajstić information content (AvgIpc) is 2.65. The van der Waals surface area contributed by atoms with Crippen molar-refractivity contribution >= 4 is 33.2 Å². The topological polar surface area (TPSA) is 75.7 Å². The monoisotopic (exact) mass is 408 g/mol. The minimum Gasteiger partial charge on any atom is -0.379 e. The van der Waals surface area contributed by atoms with Gasteiger partial charge in [-0.15, -0.1) is 0 Å². The minimum absolute atomic E-state index is 0.0706. The van der Waals surface area contributed by atoms with E-state index in [0.717, 1.165) is 11.1 Å². The molecule has 2 aromatic carbocycles. The fourth-order valence-electron chi connectivity index (χ4n) is 2.79. The van der Waals surface area contributed by atoms with Crippen LogP contribution in [0.4, 0.5) is 5.69 Å². The third-order valence-corrected chi connectivity index (χ3v) is 6.93. The largest absolute Gasteiger partial charge is 0.379 e. The van der Waals surface area contributed by atoms with Crippen LogP contribution >= 0.6 is 11.6 Å². The van der Waals surface area contributed by atoms with Gasteiger partial charge in [0.05, 0.1) is 18.2 Å². The Morgan fingerprint density at radius 3 is 2.44 bits per heavy atom. The van der Waals surface area contributed by atoms with E-state index in [-0.39, 0.29) is 28.6 Å². The van der Waals surface area contributed by atoms with Crippen molar-refractivity contribution < 1.29 is 17.9 Å². The molecule has 0 aromatic heterocycles. The van der Waals surface area contributed by atoms with E-state index >= 15 is 0 Å². The highest BCUT2D eigenvalue weighted by Crippen LogP contribution is 2.27. The number of carbonyl (C=O) groups is 1. The Hall–Kier alpha value is -1.93. The summed E-state index contributed by atoms with van der Waals surface area (Å²) in [5.41, 5.74) is 3.05. The summed E-state index contributed by atoms with van der Waals surface area (Å²) < 4.78 is 32.3. The number of morpholine rings is 1. The number of nitrogens with zero attached hydrogens (tertiary/aromatic N) is 1. The summed E-state index contributed by atoms with van der Waals surface area (Å²) in [6.07, 6.45) is 0. The molecule has 1 amide bonds. The molecule has 1 aliphatic rings. The number of amides is 1. The van der Waals surface area contributed by atoms with Gasteiger partial charge in [0, 0.05) is 24.3 Å². The second-order valence-electron chi connectivity index (χ2n) is 6.41. The Balaban J connectivity index is 1.88. The number of hydrogen-bond donors (Lipinski definition) is 1. The van der Waals surface area contributed by atoms with Crippen LogP contribution in [-0.4, -0.2) is 44.9 Å². The van der Waals surface area contributed by atoms with Crippen LogP contribution in [0, 0.1) is 13.8 Å². The molecule has 0 bridgehead atoms. The van der Waals surface area contributed by atoms with Gasteiger partial charge >= 0.3 is 0 Å². The summed E-state index contributed by atoms with van der Waals surface area (Å²) in [7, 11) is -3.79. The Bertz CT molecular complexity index is 970. The molecule has 1 fully saturated rings. The van der Waals surface area contributed by atoms with Crippen molar-refractivity contribution in [1.29, 1.82) is 0 Å². The fourth-order valence-corrected chi connectivity index (χ4v) is 4.70. The lowest BCUT2D eigenvalue weighted by Crippen LogP contribution is -2.40. The van der Waals surface area contributed by atoms with E-state index < -0.39 is 15.9 Å². The van der Waals surface area contributed by atoms with Crippen LogP contribution in [0.3, 0.4) is 0 Å². The van der Waals surface area contributed by atoms with Crippen molar-refractivity contribution in [2.24, 2.45) is 0 Å². The van der Waals surface area contributed by atoms with Crippen LogP contribution in [0.5, 0.6) is 0 Å². The van der Waals surface area contributed by atoms with Gasteiger partial charge in [0.25, 0.3) is 5.91 Å². The van der Waals surface area contributed by atoms with Crippen LogP contribution < -0.4 is 5.32 Å². The normalized spacial score (nSPS) is 15.5. The first-order chi connectivity index (χ1) is 12.8. The summed E-state index contributed by atoms with van der Waals surface area (Å²) >= 11 is 6.13. The molecule has 0 atom stereocenters. The molecule has 0 spiro atoms. The van der Waals surface area contributed by atoms with Gasteiger partial charge in [-0.05, 0) is 55.3 Å². The van der Waals surface area contributed by atoms with Gasteiger partial charge in [-0.2, -0.15) is 4.31 Å². The molecule has 6 nitrogen and oxygen atoms in total. The summed E-state index contributed by atoms with van der Waals surface area (Å²) in [6, 6.07) is 9.86. The van der Waals surface area contributed by atoms with Gasteiger partial charge in [0.1, 0.15) is 4.90 Å². The second-order valence-corrected chi connectivity index (χ2v) is 8.73. The molecule has 144 valence electrons. The number of hydrogen-bond acceptors (Lipinski definition) is 4. The number of ether oxygens (including phenoxy) is 1. The van der Waals surface area contributed by atoms with Gasteiger partial charge in [-0.1, -0.05) is 17.7 Å². The quantitative estimate of drug-likeness (QED) is 0.842. The molecule has 27 heavy (non-hydrogen) atoms. The van der Waals surface area contributed by atoms with Gasteiger partial charge < -0.3 is 10.1 Å². The number of sulfonamides is 1. The predicted octanol–water partition coefficient (Wildman–Crippen LogP) is 3.23. The lowest BCUT2D eigenvalue weighted by Gasteiger charge is -2.26. The molecule has 3 rings (SSSR count). The molecule has 0 unspecified atom stereocenters. The number of aryl methyl sites for hydroxylation is 2. The maximum absolute atomic E-state index is 12.9. The van der Waals surface area contributed by atoms with E-state index in [1.54, 1.807) is 0 Å². The molecule has 1 aliphatic heterocycles. The van der Waals surface area contributed by atoms with Gasteiger partial charge in [-0.25, -0.2) is 8.42 Å². The van der Waals surface area contributed by atoms with Crippen LogP contribution in [0.2, 0.25) is 5.02 Å². The van der Waals surface area contributed by atoms with E-state index in [1.165, 1.54) is 22.5 Å². The first-order valence-corrected chi connectivity index (χ1v) is 10.4. The van der Waals surface area contributed by atoms with Crippen molar-refractivity contribution in [3.63, 3.8) is 0 Å². The molecule has 2 aromatic rings. The van der Waals surface area contributed by atoms with Gasteiger partial charge in [0.15, 0.2) is 0 Å². The Morgan fingerprint density at radius 2 is 1.78 bits per heavy atom. The summed E-state index contributed by atoms with van der Waals surface area (Å²) in [6.45, 7) is 5.15. The van der Waals surface area contributed by atoms with E-state index in [4.69, 9.17) is 16.3 Å². The van der Waals surface area contributed by atoms with Crippen molar-refractivity contribution in [3.05, 3.63) is 58.1 Å². The average molecular weight is 409 g/mol. The Labute approximate surface area is 164 Å². The zero-order valence-corrected chi connectivity index (χ0v) is 16.7. The van der Waals surface area contributed by atoms with Crippen LogP contribution in [0.25, 0.3) is 0 Å². The first kappa shape index (κ1) is 19.8. The zero-order valence-electron chi connectivity index (χ0n) is 15.2. The highest BCUT2D eigenvalue weighted by Gasteiger charge is 2.29. The van der Waals surface area contributed by atoms with Crippen LogP contribution in [0.15, 0.2) is 41.3 Å². The van der Waals surface area contributed by atoms with E-state index in [1.807, 2.05) is 32.0 Å². The van der Waals surface area contributed by atoms with Crippen LogP contribution in [-0.2, 0) is 14.8 Å². The number of benzene rings is 2. The maximum Gasteiger partial charge on any atom is 0.255 e. The van der Waals surface area contributed by atoms with Gasteiger partial charge in [0.2, 0.25) is 10.0 Å². The van der Waals surface area contributed by atoms with Crippen LogP contribution in [0.1, 0.15) is 21.5 Å². The molecule has 0 saturated carbocycles. The molecule has 1 heterocycles. The van der Waals surface area contributed by atoms with E-state index in [2.05, 4.69) is 5.32 Å². The standard InChI is InChI=1S/C19H21ClN2O4S/c1-13-3-5-16(11-14(13)2)21-19(23)15-4-6-17(20)18(12-15)27(24,25)22-7-9-26-10-8-22/h3-6,11-12H,7-10H2,1-2H3,(H,21,23). The Morgan fingerprint density at radius 1 is 1.07 bits per heavy atom. The number of nitrogens with one attached hydrogen (secondary N) is 1. The van der Waals surface area contributed by atoms with E-state index in [9.17, 15) is 13.2 Å². The summed E-state index contributed by atoms with van der Waals surface area (Å²) in [5.74, 6) is -0.395. The third kappa shape index (κ3) is 4.32. The van der Waals surface area contributed by atoms with Crippen molar-refractivity contribution in [3.8, 4) is 0 Å². The molecule has 8 heteroatoms. The SMILES string of the molecule is Cc1ccc(NC(=O)c2ccc(Cl)c(S(=O)(=O)N3CCOCC3)c2)cc1C. The fraction of sp³-hybridized carbons (Fsp3) is 0.316. The Kier molecular flexibility index (Phi) is 5.86. The molecule has 1 N–H and O–H groups in total. The smallest absolute Gasteiger partial charge is 0.255 e. The summed E-state index contributed by atoms with van der Waals surface area (Å²) in [4.78, 5) is 12.5. The number of anilines is 1. The van der Waals surface area contributed by atoms with Crippen molar-refractivity contribution in [2.75, 3.05) is 31.6 Å². The highest BCUT2D eigenvalue weighted by atomic mass is 35.5. The summed E-state index contributed by atoms with van der Waals surface area (Å²) in [5, 5.41) is 2.88. The molecule has 1 saturated heterocycles. The molecule has 0 radical (unpaired) electrons.